The molecule has 0 aliphatic rings. The van der Waals surface area contributed by atoms with Crippen molar-refractivity contribution in [3.05, 3.63) is 108 Å². The standard InChI is InChI=1S/C26H25N3O2/c30-25(27-16-15-21-18-28-23-14-8-7-13-22(21)23)17-24(19-9-3-1-4-10-19)29-26(31)20-11-5-2-6-12-20/h1-14,18,24,28H,15-17H2,(H,27,30)(H,29,31). The fourth-order valence-corrected chi connectivity index (χ4v) is 3.70. The fourth-order valence-electron chi connectivity index (χ4n) is 3.70. The molecule has 5 heteroatoms. The van der Waals surface area contributed by atoms with Crippen LogP contribution in [0.25, 0.3) is 10.9 Å². The molecule has 0 bridgehead atoms. The third-order valence-electron chi connectivity index (χ3n) is 5.32. The highest BCUT2D eigenvalue weighted by Crippen LogP contribution is 2.19. The van der Waals surface area contributed by atoms with Crippen molar-refractivity contribution in [2.24, 2.45) is 0 Å². The van der Waals surface area contributed by atoms with E-state index in [0.717, 1.165) is 17.5 Å². The molecule has 3 aromatic carbocycles. The van der Waals surface area contributed by atoms with Gasteiger partial charge < -0.3 is 15.6 Å². The molecule has 5 nitrogen and oxygen atoms in total. The van der Waals surface area contributed by atoms with E-state index in [1.807, 2.05) is 72.9 Å². The maximum atomic E-state index is 12.7. The highest BCUT2D eigenvalue weighted by atomic mass is 16.2. The van der Waals surface area contributed by atoms with Crippen molar-refractivity contribution in [2.45, 2.75) is 18.9 Å². The van der Waals surface area contributed by atoms with Gasteiger partial charge in [-0.3, -0.25) is 9.59 Å². The van der Waals surface area contributed by atoms with Gasteiger partial charge in [0.25, 0.3) is 5.91 Å². The maximum absolute atomic E-state index is 12.7. The Hall–Kier alpha value is -3.86. The molecular weight excluding hydrogens is 386 g/mol. The summed E-state index contributed by atoms with van der Waals surface area (Å²) in [5.41, 5.74) is 3.74. The van der Waals surface area contributed by atoms with Crippen LogP contribution in [0.5, 0.6) is 0 Å². The summed E-state index contributed by atoms with van der Waals surface area (Å²) in [7, 11) is 0. The molecule has 156 valence electrons. The molecule has 31 heavy (non-hydrogen) atoms. The molecule has 1 aromatic heterocycles. The Bertz CT molecular complexity index is 1150. The third kappa shape index (κ3) is 5.20. The molecular formula is C26H25N3O2. The summed E-state index contributed by atoms with van der Waals surface area (Å²) in [6.07, 6.45) is 2.91. The fraction of sp³-hybridized carbons (Fsp3) is 0.154. The van der Waals surface area contributed by atoms with Crippen LogP contribution in [-0.4, -0.2) is 23.3 Å². The van der Waals surface area contributed by atoms with Crippen LogP contribution in [0.1, 0.15) is 33.9 Å². The summed E-state index contributed by atoms with van der Waals surface area (Å²) in [4.78, 5) is 28.6. The van der Waals surface area contributed by atoms with Crippen molar-refractivity contribution < 1.29 is 9.59 Å². The number of hydrogen-bond donors (Lipinski definition) is 3. The molecule has 0 saturated heterocycles. The van der Waals surface area contributed by atoms with E-state index in [1.54, 1.807) is 12.1 Å². The van der Waals surface area contributed by atoms with E-state index in [4.69, 9.17) is 0 Å². The van der Waals surface area contributed by atoms with Crippen LogP contribution in [-0.2, 0) is 11.2 Å². The second-order valence-electron chi connectivity index (χ2n) is 7.47. The maximum Gasteiger partial charge on any atom is 0.251 e. The topological polar surface area (TPSA) is 74.0 Å². The molecule has 2 amide bonds. The van der Waals surface area contributed by atoms with Gasteiger partial charge in [-0.1, -0.05) is 66.7 Å². The van der Waals surface area contributed by atoms with E-state index in [-0.39, 0.29) is 18.2 Å². The Morgan fingerprint density at radius 1 is 0.839 bits per heavy atom. The van der Waals surface area contributed by atoms with Crippen molar-refractivity contribution in [1.29, 1.82) is 0 Å². The molecule has 4 aromatic rings. The lowest BCUT2D eigenvalue weighted by atomic mass is 10.0. The van der Waals surface area contributed by atoms with Gasteiger partial charge in [0.1, 0.15) is 0 Å². The first-order valence-electron chi connectivity index (χ1n) is 10.4. The number of amides is 2. The van der Waals surface area contributed by atoms with Gasteiger partial charge in [0.15, 0.2) is 0 Å². The predicted octanol–water partition coefficient (Wildman–Crippen LogP) is 4.39. The smallest absolute Gasteiger partial charge is 0.251 e. The van der Waals surface area contributed by atoms with Crippen LogP contribution >= 0.6 is 0 Å². The third-order valence-corrected chi connectivity index (χ3v) is 5.32. The number of benzene rings is 3. The van der Waals surface area contributed by atoms with Crippen LogP contribution in [0.3, 0.4) is 0 Å². The van der Waals surface area contributed by atoms with E-state index >= 15 is 0 Å². The van der Waals surface area contributed by atoms with Crippen molar-refractivity contribution in [1.82, 2.24) is 15.6 Å². The van der Waals surface area contributed by atoms with Crippen LogP contribution in [0.15, 0.2) is 91.1 Å². The molecule has 0 radical (unpaired) electrons. The minimum Gasteiger partial charge on any atom is -0.361 e. The zero-order valence-electron chi connectivity index (χ0n) is 17.2. The Kier molecular flexibility index (Phi) is 6.43. The zero-order valence-corrected chi connectivity index (χ0v) is 17.2. The van der Waals surface area contributed by atoms with Crippen molar-refractivity contribution >= 4 is 22.7 Å². The summed E-state index contributed by atoms with van der Waals surface area (Å²) in [5.74, 6) is -0.289. The minimum absolute atomic E-state index is 0.0953. The Balaban J connectivity index is 1.38. The number of aromatic nitrogens is 1. The molecule has 1 heterocycles. The molecule has 0 aliphatic heterocycles. The second kappa shape index (κ2) is 9.76. The number of carbonyl (C=O) groups is 2. The Morgan fingerprint density at radius 2 is 1.52 bits per heavy atom. The Morgan fingerprint density at radius 3 is 2.29 bits per heavy atom. The number of fused-ring (bicyclic) bond motifs is 1. The summed E-state index contributed by atoms with van der Waals surface area (Å²) < 4.78 is 0. The first kappa shape index (κ1) is 20.4. The lowest BCUT2D eigenvalue weighted by Crippen LogP contribution is -2.34. The number of rotatable bonds is 8. The van der Waals surface area contributed by atoms with Gasteiger partial charge >= 0.3 is 0 Å². The SMILES string of the molecule is O=C(CC(NC(=O)c1ccccc1)c1ccccc1)NCCc1c[nH]c2ccccc12. The summed E-state index contributed by atoms with van der Waals surface area (Å²) >= 11 is 0. The Labute approximate surface area is 181 Å². The van der Waals surface area contributed by atoms with Crippen molar-refractivity contribution in [3.8, 4) is 0 Å². The average Bonchev–Trinajstić information content (AvgIpc) is 3.23. The van der Waals surface area contributed by atoms with Gasteiger partial charge in [-0.05, 0) is 35.7 Å². The largest absolute Gasteiger partial charge is 0.361 e. The van der Waals surface area contributed by atoms with E-state index < -0.39 is 6.04 Å². The van der Waals surface area contributed by atoms with Gasteiger partial charge in [-0.15, -0.1) is 0 Å². The van der Waals surface area contributed by atoms with Gasteiger partial charge in [0.05, 0.1) is 12.5 Å². The number of hydrogen-bond acceptors (Lipinski definition) is 2. The number of para-hydroxylation sites is 1. The first-order chi connectivity index (χ1) is 15.2. The normalized spacial score (nSPS) is 11.7. The predicted molar refractivity (Wildman–Crippen MR) is 123 cm³/mol. The van der Waals surface area contributed by atoms with Crippen LogP contribution < -0.4 is 10.6 Å². The van der Waals surface area contributed by atoms with Crippen LogP contribution in [0.4, 0.5) is 0 Å². The molecule has 4 rings (SSSR count). The van der Waals surface area contributed by atoms with Gasteiger partial charge in [-0.2, -0.15) is 0 Å². The van der Waals surface area contributed by atoms with E-state index in [2.05, 4.69) is 21.7 Å². The van der Waals surface area contributed by atoms with Crippen LogP contribution in [0, 0.1) is 0 Å². The highest BCUT2D eigenvalue weighted by molar-refractivity contribution is 5.94. The lowest BCUT2D eigenvalue weighted by molar-refractivity contribution is -0.121. The van der Waals surface area contributed by atoms with Gasteiger partial charge in [0, 0.05) is 29.2 Å². The summed E-state index contributed by atoms with van der Waals surface area (Å²) in [6, 6.07) is 26.4. The molecule has 1 unspecified atom stereocenters. The molecule has 0 aliphatic carbocycles. The summed E-state index contributed by atoms with van der Waals surface area (Å²) in [6.45, 7) is 0.537. The van der Waals surface area contributed by atoms with Gasteiger partial charge in [-0.25, -0.2) is 0 Å². The molecule has 0 saturated carbocycles. The monoisotopic (exact) mass is 411 g/mol. The van der Waals surface area contributed by atoms with Crippen molar-refractivity contribution in [2.75, 3.05) is 6.54 Å². The zero-order chi connectivity index (χ0) is 21.5. The molecule has 0 spiro atoms. The van der Waals surface area contributed by atoms with Crippen molar-refractivity contribution in [3.63, 3.8) is 0 Å². The number of aromatic amines is 1. The van der Waals surface area contributed by atoms with E-state index in [0.29, 0.717) is 12.1 Å². The lowest BCUT2D eigenvalue weighted by Gasteiger charge is -2.19. The van der Waals surface area contributed by atoms with Gasteiger partial charge in [0.2, 0.25) is 5.91 Å². The molecule has 0 fully saturated rings. The second-order valence-corrected chi connectivity index (χ2v) is 7.47. The minimum atomic E-state index is -0.401. The highest BCUT2D eigenvalue weighted by Gasteiger charge is 2.19. The average molecular weight is 412 g/mol. The number of nitrogens with one attached hydrogen (secondary N) is 3. The summed E-state index contributed by atoms with van der Waals surface area (Å²) in [5, 5.41) is 7.17. The van der Waals surface area contributed by atoms with E-state index in [1.165, 1.54) is 10.9 Å². The van der Waals surface area contributed by atoms with Crippen LogP contribution in [0.2, 0.25) is 0 Å². The number of H-pyrrole nitrogens is 1. The molecule has 3 N–H and O–H groups in total. The quantitative estimate of drug-likeness (QED) is 0.402. The first-order valence-corrected chi connectivity index (χ1v) is 10.4. The molecule has 1 atom stereocenters. The number of carbonyl (C=O) groups excluding carboxylic acids is 2. The van der Waals surface area contributed by atoms with E-state index in [9.17, 15) is 9.59 Å².